The first-order valence-electron chi connectivity index (χ1n) is 5.03. The maximum absolute atomic E-state index is 5.71. The second kappa shape index (κ2) is 3.46. The highest BCUT2D eigenvalue weighted by molar-refractivity contribution is 5.86. The summed E-state index contributed by atoms with van der Waals surface area (Å²) in [5, 5.41) is 1.30. The second-order valence-electron chi connectivity index (χ2n) is 3.64. The molecule has 14 heavy (non-hydrogen) atoms. The number of aryl methyl sites for hydroxylation is 2. The lowest BCUT2D eigenvalue weighted by Gasteiger charge is -2.02. The van der Waals surface area contributed by atoms with Gasteiger partial charge in [-0.3, -0.25) is 0 Å². The summed E-state index contributed by atoms with van der Waals surface area (Å²) in [5.41, 5.74) is 9.66. The molecule has 0 fully saturated rings. The van der Waals surface area contributed by atoms with Gasteiger partial charge < -0.3 is 10.3 Å². The van der Waals surface area contributed by atoms with E-state index >= 15 is 0 Å². The van der Waals surface area contributed by atoms with E-state index in [4.69, 9.17) is 5.73 Å². The van der Waals surface area contributed by atoms with Gasteiger partial charge in [0.05, 0.1) is 5.52 Å². The van der Waals surface area contributed by atoms with E-state index in [1.807, 2.05) is 0 Å². The van der Waals surface area contributed by atoms with Gasteiger partial charge in [0.15, 0.2) is 0 Å². The number of para-hydroxylation sites is 1. The molecule has 0 spiro atoms. The van der Waals surface area contributed by atoms with Crippen molar-refractivity contribution in [1.29, 1.82) is 0 Å². The first-order valence-corrected chi connectivity index (χ1v) is 5.03. The van der Waals surface area contributed by atoms with Gasteiger partial charge in [-0.1, -0.05) is 25.1 Å². The van der Waals surface area contributed by atoms with E-state index in [9.17, 15) is 0 Å². The molecule has 0 aliphatic heterocycles. The van der Waals surface area contributed by atoms with Crippen LogP contribution < -0.4 is 5.73 Å². The van der Waals surface area contributed by atoms with Crippen molar-refractivity contribution in [1.82, 2.24) is 4.57 Å². The van der Waals surface area contributed by atoms with Gasteiger partial charge in [-0.05, 0) is 17.5 Å². The summed E-state index contributed by atoms with van der Waals surface area (Å²) in [4.78, 5) is 0. The van der Waals surface area contributed by atoms with Crippen molar-refractivity contribution in [2.45, 2.75) is 19.9 Å². The van der Waals surface area contributed by atoms with Crippen LogP contribution in [0.25, 0.3) is 10.9 Å². The molecule has 1 aromatic carbocycles. The van der Waals surface area contributed by atoms with Crippen LogP contribution in [0.4, 0.5) is 0 Å². The minimum Gasteiger partial charge on any atom is -0.350 e. The molecule has 2 heteroatoms. The summed E-state index contributed by atoms with van der Waals surface area (Å²) >= 11 is 0. The Morgan fingerprint density at radius 1 is 1.29 bits per heavy atom. The topological polar surface area (TPSA) is 30.9 Å². The molecule has 1 heterocycles. The number of nitrogens with zero attached hydrogens (tertiary/aromatic N) is 1. The molecule has 0 aliphatic carbocycles. The van der Waals surface area contributed by atoms with Crippen LogP contribution in [-0.2, 0) is 20.0 Å². The van der Waals surface area contributed by atoms with E-state index in [-0.39, 0.29) is 0 Å². The SMILES string of the molecule is CCc1cccc2c(CN)cn(C)c12. The third-order valence-electron chi connectivity index (χ3n) is 2.77. The zero-order chi connectivity index (χ0) is 10.1. The Bertz CT molecular complexity index is 455. The first kappa shape index (κ1) is 9.28. The van der Waals surface area contributed by atoms with Crippen molar-refractivity contribution in [3.8, 4) is 0 Å². The Labute approximate surface area is 84.3 Å². The number of hydrogen-bond acceptors (Lipinski definition) is 1. The predicted molar refractivity (Wildman–Crippen MR) is 60.2 cm³/mol. The Hall–Kier alpha value is -1.28. The third kappa shape index (κ3) is 1.23. The van der Waals surface area contributed by atoms with Gasteiger partial charge in [0, 0.05) is 25.2 Å². The van der Waals surface area contributed by atoms with Crippen molar-refractivity contribution >= 4 is 10.9 Å². The van der Waals surface area contributed by atoms with Crippen LogP contribution in [0.3, 0.4) is 0 Å². The number of nitrogens with two attached hydrogens (primary N) is 1. The van der Waals surface area contributed by atoms with E-state index in [1.54, 1.807) is 0 Å². The van der Waals surface area contributed by atoms with E-state index in [0.29, 0.717) is 6.54 Å². The van der Waals surface area contributed by atoms with Crippen molar-refractivity contribution in [3.63, 3.8) is 0 Å². The lowest BCUT2D eigenvalue weighted by Crippen LogP contribution is -1.94. The number of fused-ring (bicyclic) bond motifs is 1. The summed E-state index contributed by atoms with van der Waals surface area (Å²) in [5.74, 6) is 0. The summed E-state index contributed by atoms with van der Waals surface area (Å²) in [6.07, 6.45) is 3.20. The summed E-state index contributed by atoms with van der Waals surface area (Å²) < 4.78 is 2.18. The maximum atomic E-state index is 5.71. The van der Waals surface area contributed by atoms with E-state index < -0.39 is 0 Å². The van der Waals surface area contributed by atoms with E-state index in [1.165, 1.54) is 22.0 Å². The Morgan fingerprint density at radius 3 is 2.71 bits per heavy atom. The molecule has 0 radical (unpaired) electrons. The maximum Gasteiger partial charge on any atom is 0.0513 e. The van der Waals surface area contributed by atoms with Gasteiger partial charge in [0.2, 0.25) is 0 Å². The first-order chi connectivity index (χ1) is 6.77. The zero-order valence-electron chi connectivity index (χ0n) is 8.75. The molecular formula is C12H16N2. The number of aromatic nitrogens is 1. The number of benzene rings is 1. The van der Waals surface area contributed by atoms with Gasteiger partial charge in [-0.2, -0.15) is 0 Å². The summed E-state index contributed by atoms with van der Waals surface area (Å²) in [6, 6.07) is 6.44. The fourth-order valence-corrected chi connectivity index (χ4v) is 2.08. The Kier molecular flexibility index (Phi) is 2.30. The molecule has 0 amide bonds. The lowest BCUT2D eigenvalue weighted by molar-refractivity contribution is 0.939. The molecule has 2 rings (SSSR count). The van der Waals surface area contributed by atoms with Crippen LogP contribution in [-0.4, -0.2) is 4.57 Å². The van der Waals surface area contributed by atoms with Crippen LogP contribution in [0.5, 0.6) is 0 Å². The average Bonchev–Trinajstić information content (AvgIpc) is 2.55. The van der Waals surface area contributed by atoms with Gasteiger partial charge in [-0.25, -0.2) is 0 Å². The quantitative estimate of drug-likeness (QED) is 0.769. The van der Waals surface area contributed by atoms with E-state index in [2.05, 4.69) is 42.9 Å². The standard InChI is InChI=1S/C12H16N2/c1-3-9-5-4-6-11-10(7-13)8-14(2)12(9)11/h4-6,8H,3,7,13H2,1-2H3. The molecule has 0 unspecified atom stereocenters. The van der Waals surface area contributed by atoms with Gasteiger partial charge in [0.1, 0.15) is 0 Å². The Balaban J connectivity index is 2.81. The van der Waals surface area contributed by atoms with Gasteiger partial charge in [0.25, 0.3) is 0 Å². The van der Waals surface area contributed by atoms with Crippen LogP contribution in [0.15, 0.2) is 24.4 Å². The van der Waals surface area contributed by atoms with Crippen LogP contribution in [0.2, 0.25) is 0 Å². The molecular weight excluding hydrogens is 172 g/mol. The second-order valence-corrected chi connectivity index (χ2v) is 3.64. The Morgan fingerprint density at radius 2 is 2.07 bits per heavy atom. The van der Waals surface area contributed by atoms with Crippen molar-refractivity contribution in [3.05, 3.63) is 35.5 Å². The molecule has 1 aromatic heterocycles. The lowest BCUT2D eigenvalue weighted by atomic mass is 10.1. The molecule has 2 N–H and O–H groups in total. The summed E-state index contributed by atoms with van der Waals surface area (Å²) in [6.45, 7) is 2.80. The highest BCUT2D eigenvalue weighted by Crippen LogP contribution is 2.23. The monoisotopic (exact) mass is 188 g/mol. The molecule has 0 saturated heterocycles. The van der Waals surface area contributed by atoms with E-state index in [0.717, 1.165) is 6.42 Å². The van der Waals surface area contributed by atoms with Crippen LogP contribution in [0, 0.1) is 0 Å². The highest BCUT2D eigenvalue weighted by atomic mass is 14.9. The number of hydrogen-bond donors (Lipinski definition) is 1. The fraction of sp³-hybridized carbons (Fsp3) is 0.333. The zero-order valence-corrected chi connectivity index (χ0v) is 8.75. The van der Waals surface area contributed by atoms with Crippen LogP contribution >= 0.6 is 0 Å². The minimum atomic E-state index is 0.616. The average molecular weight is 188 g/mol. The van der Waals surface area contributed by atoms with Crippen molar-refractivity contribution < 1.29 is 0 Å². The van der Waals surface area contributed by atoms with Crippen molar-refractivity contribution in [2.75, 3.05) is 0 Å². The number of rotatable bonds is 2. The molecule has 0 bridgehead atoms. The third-order valence-corrected chi connectivity index (χ3v) is 2.77. The molecule has 0 saturated carbocycles. The van der Waals surface area contributed by atoms with Crippen LogP contribution in [0.1, 0.15) is 18.1 Å². The summed E-state index contributed by atoms with van der Waals surface area (Å²) in [7, 11) is 2.08. The van der Waals surface area contributed by atoms with Gasteiger partial charge >= 0.3 is 0 Å². The molecule has 0 atom stereocenters. The van der Waals surface area contributed by atoms with Gasteiger partial charge in [-0.15, -0.1) is 0 Å². The van der Waals surface area contributed by atoms with Crippen molar-refractivity contribution in [2.24, 2.45) is 12.8 Å². The minimum absolute atomic E-state index is 0.616. The smallest absolute Gasteiger partial charge is 0.0513 e. The molecule has 2 nitrogen and oxygen atoms in total. The fourth-order valence-electron chi connectivity index (χ4n) is 2.08. The molecule has 0 aliphatic rings. The predicted octanol–water partition coefficient (Wildman–Crippen LogP) is 2.20. The molecule has 74 valence electrons. The largest absolute Gasteiger partial charge is 0.350 e. The molecule has 2 aromatic rings. The highest BCUT2D eigenvalue weighted by Gasteiger charge is 2.07. The normalized spacial score (nSPS) is 11.1.